The van der Waals surface area contributed by atoms with Crippen molar-refractivity contribution in [2.45, 2.75) is 30.8 Å². The van der Waals surface area contributed by atoms with Crippen molar-refractivity contribution in [3.63, 3.8) is 0 Å². The molecule has 0 aromatic heterocycles. The van der Waals surface area contributed by atoms with E-state index in [0.717, 1.165) is 7.11 Å². The first-order valence-corrected chi connectivity index (χ1v) is 4.29. The van der Waals surface area contributed by atoms with Gasteiger partial charge in [0, 0.05) is 0 Å². The Hall–Kier alpha value is -0.690. The van der Waals surface area contributed by atoms with Gasteiger partial charge in [-0.1, -0.05) is 0 Å². The summed E-state index contributed by atoms with van der Waals surface area (Å²) in [6, 6.07) is 0. The zero-order chi connectivity index (χ0) is 10.9. The summed E-state index contributed by atoms with van der Waals surface area (Å²) in [5, 5.41) is 37.1. The van der Waals surface area contributed by atoms with Crippen LogP contribution >= 0.6 is 0 Å². The second-order valence-corrected chi connectivity index (χ2v) is 3.40. The number of hydrogen-bond acceptors (Lipinski definition) is 6. The van der Waals surface area contributed by atoms with Gasteiger partial charge in [0.1, 0.15) is 12.2 Å². The molecule has 0 aromatic carbocycles. The Balaban J connectivity index is 2.75. The van der Waals surface area contributed by atoms with Crippen LogP contribution < -0.4 is 0 Å². The van der Waals surface area contributed by atoms with Gasteiger partial charge in [0.2, 0.25) is 0 Å². The summed E-state index contributed by atoms with van der Waals surface area (Å²) in [6.07, 6.45) is -5.70. The van der Waals surface area contributed by atoms with Gasteiger partial charge in [-0.2, -0.15) is 0 Å². The number of methoxy groups -OCH3 is 1. The molecular weight excluding hydrogens is 192 g/mol. The largest absolute Gasteiger partial charge is 0.469 e. The molecule has 14 heavy (non-hydrogen) atoms. The minimum atomic E-state index is -1.53. The Labute approximate surface area is 80.7 Å². The first-order valence-electron chi connectivity index (χ1n) is 4.29. The normalized spacial score (nSPS) is 43.4. The maximum atomic E-state index is 11.1. The SMILES string of the molecule is COC(=O)[C@@H]1C[C@H](O)[C@@H](O)[C@H](O)[C@@H]1O. The highest BCUT2D eigenvalue weighted by Gasteiger charge is 2.45. The molecule has 0 spiro atoms. The van der Waals surface area contributed by atoms with Crippen LogP contribution in [0.4, 0.5) is 0 Å². The third kappa shape index (κ3) is 1.88. The first-order chi connectivity index (χ1) is 6.49. The minimum absolute atomic E-state index is 0.119. The number of esters is 1. The van der Waals surface area contributed by atoms with Gasteiger partial charge in [-0.15, -0.1) is 0 Å². The van der Waals surface area contributed by atoms with E-state index >= 15 is 0 Å². The van der Waals surface area contributed by atoms with Crippen LogP contribution in [-0.4, -0.2) is 57.9 Å². The Morgan fingerprint density at radius 3 is 2.21 bits per heavy atom. The van der Waals surface area contributed by atoms with Gasteiger partial charge in [0.25, 0.3) is 0 Å². The standard InChI is InChI=1S/C8H14O6/c1-14-8(13)3-2-4(9)6(11)7(12)5(3)10/h3-7,9-12H,2H2,1H3/t3-,4+,5-,6-,7-/m1/s1. The predicted octanol–water partition coefficient (Wildman–Crippen LogP) is -2.38. The molecule has 0 aromatic rings. The molecule has 0 aliphatic heterocycles. The van der Waals surface area contributed by atoms with E-state index in [4.69, 9.17) is 0 Å². The molecule has 0 bridgehead atoms. The monoisotopic (exact) mass is 206 g/mol. The average molecular weight is 206 g/mol. The highest BCUT2D eigenvalue weighted by atomic mass is 16.5. The van der Waals surface area contributed by atoms with Crippen LogP contribution in [-0.2, 0) is 9.53 Å². The van der Waals surface area contributed by atoms with Crippen molar-refractivity contribution in [2.24, 2.45) is 5.92 Å². The quantitative estimate of drug-likeness (QED) is 0.357. The van der Waals surface area contributed by atoms with E-state index in [1.54, 1.807) is 0 Å². The van der Waals surface area contributed by atoms with Gasteiger partial charge < -0.3 is 25.2 Å². The molecule has 0 unspecified atom stereocenters. The maximum Gasteiger partial charge on any atom is 0.311 e. The van der Waals surface area contributed by atoms with E-state index in [9.17, 15) is 25.2 Å². The molecule has 0 amide bonds. The van der Waals surface area contributed by atoms with E-state index in [0.29, 0.717) is 0 Å². The van der Waals surface area contributed by atoms with Gasteiger partial charge in [-0.3, -0.25) is 4.79 Å². The van der Waals surface area contributed by atoms with Crippen LogP contribution in [0.15, 0.2) is 0 Å². The molecule has 82 valence electrons. The minimum Gasteiger partial charge on any atom is -0.469 e. The number of rotatable bonds is 1. The van der Waals surface area contributed by atoms with Gasteiger partial charge in [0.15, 0.2) is 0 Å². The molecule has 1 saturated carbocycles. The summed E-state index contributed by atoms with van der Waals surface area (Å²) >= 11 is 0. The van der Waals surface area contributed by atoms with Crippen molar-refractivity contribution in [3.05, 3.63) is 0 Å². The van der Waals surface area contributed by atoms with Crippen LogP contribution in [0.25, 0.3) is 0 Å². The average Bonchev–Trinajstić information content (AvgIpc) is 2.19. The van der Waals surface area contributed by atoms with Crippen molar-refractivity contribution in [2.75, 3.05) is 7.11 Å². The predicted molar refractivity (Wildman–Crippen MR) is 44.2 cm³/mol. The summed E-state index contributed by atoms with van der Waals surface area (Å²) in [7, 11) is 1.15. The van der Waals surface area contributed by atoms with Crippen LogP contribution in [0.2, 0.25) is 0 Å². The second-order valence-electron chi connectivity index (χ2n) is 3.40. The van der Waals surface area contributed by atoms with Gasteiger partial charge in [0.05, 0.1) is 25.2 Å². The number of aliphatic hydroxyl groups is 4. The summed E-state index contributed by atoms with van der Waals surface area (Å²) < 4.78 is 4.39. The number of hydrogen-bond donors (Lipinski definition) is 4. The fourth-order valence-corrected chi connectivity index (χ4v) is 1.59. The smallest absolute Gasteiger partial charge is 0.311 e. The van der Waals surface area contributed by atoms with Crippen molar-refractivity contribution in [1.29, 1.82) is 0 Å². The van der Waals surface area contributed by atoms with Crippen LogP contribution in [0.5, 0.6) is 0 Å². The van der Waals surface area contributed by atoms with Gasteiger partial charge in [-0.05, 0) is 6.42 Å². The van der Waals surface area contributed by atoms with E-state index in [1.165, 1.54) is 0 Å². The lowest BCUT2D eigenvalue weighted by Gasteiger charge is -2.36. The number of carbonyl (C=O) groups is 1. The van der Waals surface area contributed by atoms with E-state index < -0.39 is 36.3 Å². The molecular formula is C8H14O6. The first kappa shape index (κ1) is 11.4. The lowest BCUT2D eigenvalue weighted by atomic mass is 9.81. The molecule has 0 heterocycles. The Morgan fingerprint density at radius 1 is 1.14 bits per heavy atom. The molecule has 0 saturated heterocycles. The highest BCUT2D eigenvalue weighted by molar-refractivity contribution is 5.73. The third-order valence-electron chi connectivity index (χ3n) is 2.51. The number of aliphatic hydroxyl groups excluding tert-OH is 4. The maximum absolute atomic E-state index is 11.1. The summed E-state index contributed by atoms with van der Waals surface area (Å²) in [5.41, 5.74) is 0. The summed E-state index contributed by atoms with van der Waals surface area (Å²) in [4.78, 5) is 11.1. The Morgan fingerprint density at radius 2 is 1.71 bits per heavy atom. The molecule has 0 radical (unpaired) electrons. The zero-order valence-electron chi connectivity index (χ0n) is 7.70. The van der Waals surface area contributed by atoms with E-state index in [-0.39, 0.29) is 6.42 Å². The fraction of sp³-hybridized carbons (Fsp3) is 0.875. The fourth-order valence-electron chi connectivity index (χ4n) is 1.59. The van der Waals surface area contributed by atoms with E-state index in [2.05, 4.69) is 4.74 Å². The highest BCUT2D eigenvalue weighted by Crippen LogP contribution is 2.26. The van der Waals surface area contributed by atoms with Crippen molar-refractivity contribution >= 4 is 5.97 Å². The number of carbonyl (C=O) groups excluding carboxylic acids is 1. The Kier molecular flexibility index (Phi) is 3.43. The summed E-state index contributed by atoms with van der Waals surface area (Å²) in [5.74, 6) is -1.70. The van der Waals surface area contributed by atoms with Crippen LogP contribution in [0.1, 0.15) is 6.42 Å². The second kappa shape index (κ2) is 4.22. The molecule has 1 aliphatic carbocycles. The zero-order valence-corrected chi connectivity index (χ0v) is 7.70. The molecule has 6 heteroatoms. The molecule has 5 atom stereocenters. The topological polar surface area (TPSA) is 107 Å². The van der Waals surface area contributed by atoms with Gasteiger partial charge >= 0.3 is 5.97 Å². The summed E-state index contributed by atoms with van der Waals surface area (Å²) in [6.45, 7) is 0. The van der Waals surface area contributed by atoms with E-state index in [1.807, 2.05) is 0 Å². The lowest BCUT2D eigenvalue weighted by molar-refractivity contribution is -0.180. The van der Waals surface area contributed by atoms with Crippen molar-refractivity contribution < 1.29 is 30.0 Å². The van der Waals surface area contributed by atoms with Gasteiger partial charge in [-0.25, -0.2) is 0 Å². The molecule has 4 N–H and O–H groups in total. The molecule has 6 nitrogen and oxygen atoms in total. The van der Waals surface area contributed by atoms with Crippen molar-refractivity contribution in [1.82, 2.24) is 0 Å². The number of ether oxygens (including phenoxy) is 1. The third-order valence-corrected chi connectivity index (χ3v) is 2.51. The lowest BCUT2D eigenvalue weighted by Crippen LogP contribution is -2.55. The molecule has 1 rings (SSSR count). The molecule has 1 aliphatic rings. The van der Waals surface area contributed by atoms with Crippen LogP contribution in [0, 0.1) is 5.92 Å². The Bertz CT molecular complexity index is 218. The molecule has 1 fully saturated rings. The van der Waals surface area contributed by atoms with Crippen molar-refractivity contribution in [3.8, 4) is 0 Å². The van der Waals surface area contributed by atoms with Crippen LogP contribution in [0.3, 0.4) is 0 Å².